The van der Waals surface area contributed by atoms with Crippen molar-refractivity contribution in [2.24, 2.45) is 0 Å². The number of benzene rings is 1. The summed E-state index contributed by atoms with van der Waals surface area (Å²) in [7, 11) is -5.88. The summed E-state index contributed by atoms with van der Waals surface area (Å²) in [6.07, 6.45) is -0.339. The van der Waals surface area contributed by atoms with Gasteiger partial charge in [-0.25, -0.2) is 4.39 Å². The molecule has 0 bridgehead atoms. The van der Waals surface area contributed by atoms with E-state index >= 15 is 0 Å². The van der Waals surface area contributed by atoms with Gasteiger partial charge in [0, 0.05) is 5.56 Å². The van der Waals surface area contributed by atoms with Gasteiger partial charge >= 0.3 is 15.6 Å². The Balaban J connectivity index is 3.05. The topological polar surface area (TPSA) is 43.4 Å². The molecule has 0 aliphatic rings. The van der Waals surface area contributed by atoms with E-state index in [-0.39, 0.29) is 11.9 Å². The van der Waals surface area contributed by atoms with E-state index < -0.39 is 21.4 Å². The molecular weight excluding hydrogens is 276 g/mol. The van der Waals surface area contributed by atoms with Crippen LogP contribution in [-0.4, -0.2) is 13.9 Å². The van der Waals surface area contributed by atoms with Gasteiger partial charge in [0.25, 0.3) is 0 Å². The lowest BCUT2D eigenvalue weighted by molar-refractivity contribution is -0.0509. The summed E-state index contributed by atoms with van der Waals surface area (Å²) in [4.78, 5) is 0. The molecule has 0 fully saturated rings. The maximum atomic E-state index is 12.4. The van der Waals surface area contributed by atoms with Crippen molar-refractivity contribution in [3.05, 3.63) is 41.7 Å². The van der Waals surface area contributed by atoms with E-state index in [1.165, 1.54) is 24.3 Å². The molecule has 1 aromatic rings. The van der Waals surface area contributed by atoms with Crippen molar-refractivity contribution in [3.63, 3.8) is 0 Å². The summed E-state index contributed by atoms with van der Waals surface area (Å²) in [6.45, 7) is 1.70. The van der Waals surface area contributed by atoms with Crippen LogP contribution in [0.15, 0.2) is 30.6 Å². The van der Waals surface area contributed by atoms with Gasteiger partial charge in [-0.05, 0) is 6.92 Å². The van der Waals surface area contributed by atoms with Crippen molar-refractivity contribution in [3.8, 4) is 0 Å². The lowest BCUT2D eigenvalue weighted by Gasteiger charge is -2.11. The van der Waals surface area contributed by atoms with Crippen LogP contribution < -0.4 is 0 Å². The predicted octanol–water partition coefficient (Wildman–Crippen LogP) is 3.13. The summed E-state index contributed by atoms with van der Waals surface area (Å²) in [6, 6.07) is 5.43. The minimum Gasteiger partial charge on any atom is -0.373 e. The third-order valence-corrected chi connectivity index (χ3v) is 2.88. The monoisotopic (exact) mass is 284 g/mol. The highest BCUT2D eigenvalue weighted by Crippen LogP contribution is 2.29. The van der Waals surface area contributed by atoms with Gasteiger partial charge < -0.3 is 4.18 Å². The summed E-state index contributed by atoms with van der Waals surface area (Å²) in [5.41, 5.74) is -4.95. The van der Waals surface area contributed by atoms with Crippen molar-refractivity contribution >= 4 is 15.9 Å². The molecule has 0 radical (unpaired) electrons. The second-order valence-electron chi connectivity index (χ2n) is 3.32. The van der Waals surface area contributed by atoms with Crippen LogP contribution in [0.2, 0.25) is 0 Å². The zero-order valence-corrected chi connectivity index (χ0v) is 9.85. The standard InChI is InChI=1S/C10H8F4O3S/c1-7-2-4-8(5-3-7)9(6-11)17-18(15,16)10(12,13)14/h2-6H,1H3/b9-6+. The minimum atomic E-state index is -5.88. The van der Waals surface area contributed by atoms with E-state index in [0.717, 1.165) is 5.56 Å². The first-order chi connectivity index (χ1) is 8.17. The quantitative estimate of drug-likeness (QED) is 0.371. The fraction of sp³-hybridized carbons (Fsp3) is 0.200. The molecule has 0 atom stereocenters. The van der Waals surface area contributed by atoms with Gasteiger partial charge in [-0.3, -0.25) is 0 Å². The van der Waals surface area contributed by atoms with Gasteiger partial charge in [-0.2, -0.15) is 21.6 Å². The fourth-order valence-electron chi connectivity index (χ4n) is 1.01. The van der Waals surface area contributed by atoms with Crippen molar-refractivity contribution in [2.45, 2.75) is 12.4 Å². The molecule has 0 amide bonds. The van der Waals surface area contributed by atoms with E-state index in [9.17, 15) is 26.0 Å². The van der Waals surface area contributed by atoms with Crippen molar-refractivity contribution < 1.29 is 30.2 Å². The molecule has 3 nitrogen and oxygen atoms in total. The first-order valence-electron chi connectivity index (χ1n) is 4.55. The Morgan fingerprint density at radius 2 is 1.72 bits per heavy atom. The number of hydrogen-bond acceptors (Lipinski definition) is 3. The average molecular weight is 284 g/mol. The smallest absolute Gasteiger partial charge is 0.373 e. The molecule has 0 heterocycles. The second-order valence-corrected chi connectivity index (χ2v) is 4.86. The molecule has 0 saturated heterocycles. The zero-order valence-electron chi connectivity index (χ0n) is 9.03. The highest BCUT2D eigenvalue weighted by molar-refractivity contribution is 7.87. The molecule has 0 aliphatic carbocycles. The molecule has 0 aliphatic heterocycles. The summed E-state index contributed by atoms with van der Waals surface area (Å²) in [5.74, 6) is -1.02. The maximum Gasteiger partial charge on any atom is 0.534 e. The Labute approximate surface area is 101 Å². The van der Waals surface area contributed by atoms with Crippen LogP contribution >= 0.6 is 0 Å². The SMILES string of the molecule is Cc1ccc(/C(=C\F)OS(=O)(=O)C(F)(F)F)cc1. The molecule has 8 heteroatoms. The molecule has 0 N–H and O–H groups in total. The van der Waals surface area contributed by atoms with Gasteiger partial charge in [-0.1, -0.05) is 29.8 Å². The van der Waals surface area contributed by atoms with E-state index in [1.54, 1.807) is 6.92 Å². The zero-order chi connectivity index (χ0) is 14.0. The number of aryl methyl sites for hydroxylation is 1. The van der Waals surface area contributed by atoms with Crippen LogP contribution in [0.3, 0.4) is 0 Å². The number of rotatable bonds is 3. The molecule has 1 aromatic carbocycles. The molecule has 0 unspecified atom stereocenters. The molecule has 1 rings (SSSR count). The first-order valence-corrected chi connectivity index (χ1v) is 5.96. The number of hydrogen-bond donors (Lipinski definition) is 0. The van der Waals surface area contributed by atoms with Crippen LogP contribution in [0.5, 0.6) is 0 Å². The Bertz CT molecular complexity index is 543. The van der Waals surface area contributed by atoms with Gasteiger partial charge in [-0.15, -0.1) is 0 Å². The predicted molar refractivity (Wildman–Crippen MR) is 56.3 cm³/mol. The fourth-order valence-corrected chi connectivity index (χ4v) is 1.48. The summed E-state index contributed by atoms with van der Waals surface area (Å²) in [5, 5.41) is 0. The lowest BCUT2D eigenvalue weighted by Crippen LogP contribution is -2.25. The molecule has 100 valence electrons. The molecule has 18 heavy (non-hydrogen) atoms. The highest BCUT2D eigenvalue weighted by Gasteiger charge is 2.49. The van der Waals surface area contributed by atoms with Crippen molar-refractivity contribution in [2.75, 3.05) is 0 Å². The van der Waals surface area contributed by atoms with Gasteiger partial charge in [0.2, 0.25) is 0 Å². The Hall–Kier alpha value is -1.57. The lowest BCUT2D eigenvalue weighted by atomic mass is 10.1. The van der Waals surface area contributed by atoms with Crippen LogP contribution in [0, 0.1) is 6.92 Å². The molecule has 0 saturated carbocycles. The molecular formula is C10H8F4O3S. The number of alkyl halides is 3. The van der Waals surface area contributed by atoms with E-state index in [0.29, 0.717) is 0 Å². The summed E-state index contributed by atoms with van der Waals surface area (Å²) < 4.78 is 73.7. The third-order valence-electron chi connectivity index (χ3n) is 1.92. The van der Waals surface area contributed by atoms with E-state index in [2.05, 4.69) is 4.18 Å². The van der Waals surface area contributed by atoms with Gasteiger partial charge in [0.1, 0.15) is 6.33 Å². The van der Waals surface area contributed by atoms with Crippen molar-refractivity contribution in [1.29, 1.82) is 0 Å². The number of halogens is 4. The van der Waals surface area contributed by atoms with Gasteiger partial charge in [0.15, 0.2) is 5.76 Å². The Morgan fingerprint density at radius 3 is 2.11 bits per heavy atom. The third kappa shape index (κ3) is 3.22. The average Bonchev–Trinajstić information content (AvgIpc) is 2.25. The second kappa shape index (κ2) is 4.97. The largest absolute Gasteiger partial charge is 0.534 e. The van der Waals surface area contributed by atoms with Crippen LogP contribution in [0.1, 0.15) is 11.1 Å². The normalized spacial score (nSPS) is 13.5. The molecule has 0 spiro atoms. The van der Waals surface area contributed by atoms with E-state index in [1.807, 2.05) is 0 Å². The van der Waals surface area contributed by atoms with Crippen LogP contribution in [0.4, 0.5) is 17.6 Å². The first kappa shape index (κ1) is 14.5. The molecule has 0 aromatic heterocycles. The van der Waals surface area contributed by atoms with Crippen molar-refractivity contribution in [1.82, 2.24) is 0 Å². The minimum absolute atomic E-state index is 0.115. The Kier molecular flexibility index (Phi) is 4.00. The van der Waals surface area contributed by atoms with E-state index in [4.69, 9.17) is 0 Å². The highest BCUT2D eigenvalue weighted by atomic mass is 32.2. The van der Waals surface area contributed by atoms with Crippen LogP contribution in [0.25, 0.3) is 5.76 Å². The summed E-state index contributed by atoms with van der Waals surface area (Å²) >= 11 is 0. The van der Waals surface area contributed by atoms with Crippen LogP contribution in [-0.2, 0) is 14.3 Å². The Morgan fingerprint density at radius 1 is 1.22 bits per heavy atom. The van der Waals surface area contributed by atoms with Gasteiger partial charge in [0.05, 0.1) is 0 Å². The maximum absolute atomic E-state index is 12.4.